The van der Waals surface area contributed by atoms with Crippen molar-refractivity contribution in [2.75, 3.05) is 20.0 Å². The van der Waals surface area contributed by atoms with Gasteiger partial charge in [0.15, 0.2) is 5.69 Å². The smallest absolute Gasteiger partial charge is 0.151 e. The lowest BCUT2D eigenvalue weighted by atomic mass is 10.2. The molecular weight excluding hydrogens is 258 g/mol. The number of nitrogens with two attached hydrogens (primary N) is 1. The molecule has 2 aromatic heterocycles. The first-order valence-electron chi connectivity index (χ1n) is 5.92. The number of hydrogen-bond donors (Lipinski definition) is 1. The van der Waals surface area contributed by atoms with Crippen LogP contribution in [0.2, 0.25) is 0 Å². The zero-order valence-corrected chi connectivity index (χ0v) is 11.1. The highest BCUT2D eigenvalue weighted by atomic mass is 16.5. The van der Waals surface area contributed by atoms with E-state index in [1.807, 2.05) is 6.07 Å². The molecule has 1 aromatic carbocycles. The predicted molar refractivity (Wildman–Crippen MR) is 74.2 cm³/mol. The fourth-order valence-electron chi connectivity index (χ4n) is 2.06. The summed E-state index contributed by atoms with van der Waals surface area (Å²) >= 11 is 0. The van der Waals surface area contributed by atoms with Crippen LogP contribution in [-0.4, -0.2) is 34.2 Å². The highest BCUT2D eigenvalue weighted by Crippen LogP contribution is 2.36. The second-order valence-electron chi connectivity index (χ2n) is 4.14. The van der Waals surface area contributed by atoms with Gasteiger partial charge in [-0.1, -0.05) is 5.21 Å². The van der Waals surface area contributed by atoms with E-state index in [4.69, 9.17) is 15.2 Å². The quantitative estimate of drug-likeness (QED) is 0.725. The molecule has 2 N–H and O–H groups in total. The van der Waals surface area contributed by atoms with Crippen LogP contribution in [0, 0.1) is 0 Å². The van der Waals surface area contributed by atoms with Gasteiger partial charge in [0.1, 0.15) is 17.0 Å². The molecule has 0 aliphatic rings. The Hall–Kier alpha value is -2.83. The second-order valence-corrected chi connectivity index (χ2v) is 4.14. The molecule has 0 bridgehead atoms. The molecule has 3 rings (SSSR count). The van der Waals surface area contributed by atoms with Crippen molar-refractivity contribution in [3.63, 3.8) is 0 Å². The lowest BCUT2D eigenvalue weighted by Crippen LogP contribution is -2.04. The lowest BCUT2D eigenvalue weighted by molar-refractivity contribution is 0.390. The van der Waals surface area contributed by atoms with Crippen molar-refractivity contribution in [1.29, 1.82) is 0 Å². The molecule has 0 saturated heterocycles. The molecule has 3 aromatic rings. The summed E-state index contributed by atoms with van der Waals surface area (Å²) in [6, 6.07) is 5.25. The molecule has 0 unspecified atom stereocenters. The van der Waals surface area contributed by atoms with Gasteiger partial charge in [0.25, 0.3) is 0 Å². The van der Waals surface area contributed by atoms with Crippen LogP contribution in [0.1, 0.15) is 0 Å². The van der Waals surface area contributed by atoms with Crippen molar-refractivity contribution < 1.29 is 9.47 Å². The van der Waals surface area contributed by atoms with Crippen molar-refractivity contribution in [2.24, 2.45) is 0 Å². The van der Waals surface area contributed by atoms with Crippen LogP contribution in [0.25, 0.3) is 16.7 Å². The zero-order chi connectivity index (χ0) is 14.1. The normalized spacial score (nSPS) is 10.7. The van der Waals surface area contributed by atoms with E-state index in [1.54, 1.807) is 43.4 Å². The third-order valence-electron chi connectivity index (χ3n) is 2.96. The van der Waals surface area contributed by atoms with Crippen LogP contribution in [0.3, 0.4) is 0 Å². The van der Waals surface area contributed by atoms with Crippen molar-refractivity contribution in [3.8, 4) is 17.2 Å². The summed E-state index contributed by atoms with van der Waals surface area (Å²) < 4.78 is 12.4. The van der Waals surface area contributed by atoms with Crippen molar-refractivity contribution in [1.82, 2.24) is 20.0 Å². The maximum atomic E-state index is 5.83. The number of hydrogen-bond acceptors (Lipinski definition) is 6. The molecule has 7 nitrogen and oxygen atoms in total. The molecular formula is C13H13N5O2. The molecule has 0 saturated carbocycles. The number of fused-ring (bicyclic) bond motifs is 1. The molecule has 0 aliphatic heterocycles. The topological polar surface area (TPSA) is 88.1 Å². The minimum absolute atomic E-state index is 0.550. The van der Waals surface area contributed by atoms with E-state index in [0.717, 1.165) is 5.52 Å². The number of nitrogens with zero attached hydrogens (tertiary/aromatic N) is 4. The molecule has 0 fully saturated rings. The number of rotatable bonds is 3. The van der Waals surface area contributed by atoms with Gasteiger partial charge in [0, 0.05) is 24.0 Å². The summed E-state index contributed by atoms with van der Waals surface area (Å²) in [6.45, 7) is 0. The maximum absolute atomic E-state index is 5.83. The third kappa shape index (κ3) is 1.80. The fraction of sp³-hybridized carbons (Fsp3) is 0.154. The van der Waals surface area contributed by atoms with Gasteiger partial charge in [0.05, 0.1) is 25.9 Å². The number of ether oxygens (including phenoxy) is 2. The van der Waals surface area contributed by atoms with Gasteiger partial charge < -0.3 is 15.2 Å². The van der Waals surface area contributed by atoms with Crippen molar-refractivity contribution in [3.05, 3.63) is 30.6 Å². The molecule has 102 valence electrons. The van der Waals surface area contributed by atoms with Gasteiger partial charge in [0.2, 0.25) is 0 Å². The van der Waals surface area contributed by atoms with Crippen LogP contribution >= 0.6 is 0 Å². The van der Waals surface area contributed by atoms with Crippen molar-refractivity contribution >= 4 is 16.7 Å². The van der Waals surface area contributed by atoms with E-state index < -0.39 is 0 Å². The fourth-order valence-corrected chi connectivity index (χ4v) is 2.06. The number of aromatic nitrogens is 4. The van der Waals surface area contributed by atoms with E-state index in [9.17, 15) is 0 Å². The number of methoxy groups -OCH3 is 2. The molecule has 0 aliphatic carbocycles. The van der Waals surface area contributed by atoms with E-state index in [-0.39, 0.29) is 0 Å². The predicted octanol–water partition coefficient (Wildman–Crippen LogP) is 1.41. The summed E-state index contributed by atoms with van der Waals surface area (Å²) in [7, 11) is 3.14. The molecule has 0 spiro atoms. The average Bonchev–Trinajstić information content (AvgIpc) is 2.90. The largest absolute Gasteiger partial charge is 0.494 e. The standard InChI is InChI=1S/C13H13N5O2/c1-19-11-5-8(14)6-12(20-2)13(11)18-10-3-4-15-7-9(10)16-17-18/h3-7H,14H2,1-2H3. The first-order chi connectivity index (χ1) is 9.74. The minimum Gasteiger partial charge on any atom is -0.494 e. The van der Waals surface area contributed by atoms with Crippen LogP contribution in [-0.2, 0) is 0 Å². The summed E-state index contributed by atoms with van der Waals surface area (Å²) in [6.07, 6.45) is 3.33. The monoisotopic (exact) mass is 271 g/mol. The Labute approximate surface area is 114 Å². The Bertz CT molecular complexity index is 743. The summed E-state index contributed by atoms with van der Waals surface area (Å²) in [5.41, 5.74) is 8.53. The maximum Gasteiger partial charge on any atom is 0.151 e. The summed E-state index contributed by atoms with van der Waals surface area (Å²) in [4.78, 5) is 4.02. The second kappa shape index (κ2) is 4.69. The number of benzene rings is 1. The van der Waals surface area contributed by atoms with E-state index in [2.05, 4.69) is 15.3 Å². The lowest BCUT2D eigenvalue weighted by Gasteiger charge is -2.14. The first-order valence-corrected chi connectivity index (χ1v) is 5.92. The number of pyridine rings is 1. The summed E-state index contributed by atoms with van der Waals surface area (Å²) in [5.74, 6) is 1.12. The van der Waals surface area contributed by atoms with Crippen LogP contribution in [0.4, 0.5) is 5.69 Å². The highest BCUT2D eigenvalue weighted by molar-refractivity contribution is 5.77. The van der Waals surface area contributed by atoms with E-state index in [0.29, 0.717) is 28.4 Å². The molecule has 0 radical (unpaired) electrons. The molecule has 2 heterocycles. The first kappa shape index (κ1) is 12.2. The molecule has 0 amide bonds. The summed E-state index contributed by atoms with van der Waals surface area (Å²) in [5, 5.41) is 8.21. The Balaban J connectivity index is 2.33. The molecule has 20 heavy (non-hydrogen) atoms. The van der Waals surface area contributed by atoms with Crippen LogP contribution < -0.4 is 15.2 Å². The highest BCUT2D eigenvalue weighted by Gasteiger charge is 2.17. The number of nitrogen functional groups attached to an aromatic ring is 1. The SMILES string of the molecule is COc1cc(N)cc(OC)c1-n1nnc2cnccc21. The van der Waals surface area contributed by atoms with Gasteiger partial charge in [-0.05, 0) is 6.07 Å². The number of anilines is 1. The third-order valence-corrected chi connectivity index (χ3v) is 2.96. The van der Waals surface area contributed by atoms with E-state index in [1.165, 1.54) is 0 Å². The molecule has 0 atom stereocenters. The van der Waals surface area contributed by atoms with Crippen molar-refractivity contribution in [2.45, 2.75) is 0 Å². The van der Waals surface area contributed by atoms with E-state index >= 15 is 0 Å². The van der Waals surface area contributed by atoms with Gasteiger partial charge in [-0.25, -0.2) is 4.68 Å². The van der Waals surface area contributed by atoms with Crippen LogP contribution in [0.15, 0.2) is 30.6 Å². The Kier molecular flexibility index (Phi) is 2.86. The van der Waals surface area contributed by atoms with Gasteiger partial charge in [-0.2, -0.15) is 0 Å². The van der Waals surface area contributed by atoms with Gasteiger partial charge in [-0.3, -0.25) is 4.98 Å². The minimum atomic E-state index is 0.550. The van der Waals surface area contributed by atoms with Gasteiger partial charge >= 0.3 is 0 Å². The Morgan fingerprint density at radius 3 is 2.50 bits per heavy atom. The Morgan fingerprint density at radius 1 is 1.15 bits per heavy atom. The van der Waals surface area contributed by atoms with Crippen LogP contribution in [0.5, 0.6) is 11.5 Å². The molecule has 7 heteroatoms. The van der Waals surface area contributed by atoms with Gasteiger partial charge in [-0.15, -0.1) is 5.10 Å². The zero-order valence-electron chi connectivity index (χ0n) is 11.1. The Morgan fingerprint density at radius 2 is 1.85 bits per heavy atom. The average molecular weight is 271 g/mol.